The number of hydrogen-bond acceptors (Lipinski definition) is 5. The molecule has 6 nitrogen and oxygen atoms in total. The summed E-state index contributed by atoms with van der Waals surface area (Å²) in [6, 6.07) is 0. The van der Waals surface area contributed by atoms with Crippen molar-refractivity contribution in [1.29, 1.82) is 0 Å². The number of halogens is 1. The van der Waals surface area contributed by atoms with Gasteiger partial charge in [0.05, 0.1) is 13.5 Å². The Kier molecular flexibility index (Phi) is 5.15. The third-order valence-corrected chi connectivity index (χ3v) is 4.10. The minimum absolute atomic E-state index is 0.0754. The lowest BCUT2D eigenvalue weighted by molar-refractivity contribution is -0.136. The summed E-state index contributed by atoms with van der Waals surface area (Å²) >= 11 is 5.99. The van der Waals surface area contributed by atoms with E-state index in [0.29, 0.717) is 21.9 Å². The summed E-state index contributed by atoms with van der Waals surface area (Å²) in [5.74, 6) is -1.21. The molecule has 0 bridgehead atoms. The minimum atomic E-state index is -0.937. The summed E-state index contributed by atoms with van der Waals surface area (Å²) in [5.41, 5.74) is 1.94. The van der Waals surface area contributed by atoms with E-state index in [1.54, 1.807) is 13.0 Å². The van der Waals surface area contributed by atoms with Gasteiger partial charge in [-0.2, -0.15) is 0 Å². The van der Waals surface area contributed by atoms with Crippen LogP contribution in [0, 0.1) is 6.92 Å². The Hall–Kier alpha value is -2.21. The molecular formula is C16H17ClO6. The number of allylic oxidation sites excluding steroid dienone is 2. The van der Waals surface area contributed by atoms with Crippen molar-refractivity contribution in [3.05, 3.63) is 33.4 Å². The molecule has 2 rings (SSSR count). The van der Waals surface area contributed by atoms with E-state index >= 15 is 0 Å². The molecule has 1 aliphatic rings. The fourth-order valence-electron chi connectivity index (χ4n) is 2.57. The fourth-order valence-corrected chi connectivity index (χ4v) is 2.74. The predicted molar refractivity (Wildman–Crippen MR) is 83.0 cm³/mol. The number of carboxylic acids is 1. The van der Waals surface area contributed by atoms with Gasteiger partial charge in [0.1, 0.15) is 23.7 Å². The van der Waals surface area contributed by atoms with Gasteiger partial charge in [0.2, 0.25) is 0 Å². The fraction of sp³-hybridized carbons (Fsp3) is 0.375. The van der Waals surface area contributed by atoms with E-state index in [2.05, 4.69) is 0 Å². The van der Waals surface area contributed by atoms with E-state index < -0.39 is 11.9 Å². The molecule has 1 heterocycles. The third kappa shape index (κ3) is 3.42. The van der Waals surface area contributed by atoms with Crippen LogP contribution in [0.15, 0.2) is 11.1 Å². The van der Waals surface area contributed by atoms with Gasteiger partial charge in [0.25, 0.3) is 0 Å². The zero-order valence-electron chi connectivity index (χ0n) is 12.8. The molecule has 0 saturated carbocycles. The molecule has 0 radical (unpaired) electrons. The minimum Gasteiger partial charge on any atom is -0.507 e. The van der Waals surface area contributed by atoms with Crippen LogP contribution in [0.1, 0.15) is 39.9 Å². The smallest absolute Gasteiger partial charge is 0.342 e. The van der Waals surface area contributed by atoms with E-state index in [-0.39, 0.29) is 37.2 Å². The first-order chi connectivity index (χ1) is 10.9. The number of carbonyl (C=O) groups is 2. The lowest BCUT2D eigenvalue weighted by atomic mass is 9.95. The zero-order valence-corrected chi connectivity index (χ0v) is 13.6. The molecule has 0 aromatic heterocycles. The number of benzene rings is 1. The van der Waals surface area contributed by atoms with Gasteiger partial charge in [0, 0.05) is 16.2 Å². The summed E-state index contributed by atoms with van der Waals surface area (Å²) in [4.78, 5) is 22.3. The lowest BCUT2D eigenvalue weighted by Gasteiger charge is -2.15. The molecule has 0 spiro atoms. The SMILES string of the molecule is COc1c(C)c2c(c(O)c1C/C=C(\Cl)CCC(=O)O)C(=O)OC2. The summed E-state index contributed by atoms with van der Waals surface area (Å²) in [7, 11) is 1.48. The number of rotatable bonds is 6. The maximum Gasteiger partial charge on any atom is 0.342 e. The molecule has 1 aromatic carbocycles. The average molecular weight is 341 g/mol. The van der Waals surface area contributed by atoms with Crippen LogP contribution < -0.4 is 4.74 Å². The Morgan fingerprint density at radius 1 is 1.43 bits per heavy atom. The highest BCUT2D eigenvalue weighted by Gasteiger charge is 2.31. The van der Waals surface area contributed by atoms with Crippen LogP contribution >= 0.6 is 11.6 Å². The Morgan fingerprint density at radius 3 is 2.74 bits per heavy atom. The van der Waals surface area contributed by atoms with Crippen molar-refractivity contribution >= 4 is 23.5 Å². The van der Waals surface area contributed by atoms with Gasteiger partial charge in [-0.15, -0.1) is 0 Å². The van der Waals surface area contributed by atoms with Gasteiger partial charge < -0.3 is 19.7 Å². The molecule has 0 unspecified atom stereocenters. The third-order valence-electron chi connectivity index (χ3n) is 3.75. The molecule has 7 heteroatoms. The van der Waals surface area contributed by atoms with E-state index in [0.717, 1.165) is 5.56 Å². The Labute approximate surface area is 138 Å². The number of aliphatic carboxylic acids is 1. The van der Waals surface area contributed by atoms with E-state index in [9.17, 15) is 14.7 Å². The first-order valence-electron chi connectivity index (χ1n) is 7.01. The van der Waals surface area contributed by atoms with Crippen molar-refractivity contribution in [2.24, 2.45) is 0 Å². The van der Waals surface area contributed by atoms with Crippen molar-refractivity contribution < 1.29 is 29.3 Å². The number of aromatic hydroxyl groups is 1. The molecular weight excluding hydrogens is 324 g/mol. The van der Waals surface area contributed by atoms with E-state index in [4.69, 9.17) is 26.2 Å². The second-order valence-corrected chi connectivity index (χ2v) is 5.65. The Balaban J connectivity index is 2.37. The molecule has 0 amide bonds. The number of phenolic OH excluding ortho intramolecular Hbond substituents is 1. The van der Waals surface area contributed by atoms with Crippen molar-refractivity contribution in [3.8, 4) is 11.5 Å². The van der Waals surface area contributed by atoms with Crippen LogP contribution in [0.2, 0.25) is 0 Å². The topological polar surface area (TPSA) is 93.1 Å². The van der Waals surface area contributed by atoms with E-state index in [1.165, 1.54) is 7.11 Å². The number of esters is 1. The van der Waals surface area contributed by atoms with Gasteiger partial charge in [-0.05, 0) is 25.3 Å². The zero-order chi connectivity index (χ0) is 17.1. The van der Waals surface area contributed by atoms with Crippen LogP contribution in [0.4, 0.5) is 0 Å². The number of carbonyl (C=O) groups excluding carboxylic acids is 1. The number of cyclic esters (lactones) is 1. The number of carboxylic acid groups (broad SMARTS) is 1. The predicted octanol–water partition coefficient (Wildman–Crippen LogP) is 2.91. The highest BCUT2D eigenvalue weighted by Crippen LogP contribution is 2.42. The van der Waals surface area contributed by atoms with Crippen molar-refractivity contribution in [3.63, 3.8) is 0 Å². The standard InChI is InChI=1S/C16H17ClO6/c1-8-11-7-23-16(21)13(11)14(20)10(15(8)22-2)5-3-9(17)4-6-12(18)19/h3,20H,4-7H2,1-2H3,(H,18,19)/b9-3-. The lowest BCUT2D eigenvalue weighted by Crippen LogP contribution is -2.03. The first-order valence-corrected chi connectivity index (χ1v) is 7.39. The Bertz CT molecular complexity index is 693. The van der Waals surface area contributed by atoms with Crippen molar-refractivity contribution in [2.75, 3.05) is 7.11 Å². The van der Waals surface area contributed by atoms with Crippen molar-refractivity contribution in [2.45, 2.75) is 32.8 Å². The second kappa shape index (κ2) is 6.91. The molecule has 2 N–H and O–H groups in total. The van der Waals surface area contributed by atoms with Crippen LogP contribution in [-0.4, -0.2) is 29.3 Å². The number of ether oxygens (including phenoxy) is 2. The summed E-state index contributed by atoms with van der Waals surface area (Å²) in [6.45, 7) is 1.90. The number of phenols is 1. The van der Waals surface area contributed by atoms with Gasteiger partial charge in [-0.25, -0.2) is 4.79 Å². The number of hydrogen-bond donors (Lipinski definition) is 2. The summed E-state index contributed by atoms with van der Waals surface area (Å²) in [6.07, 6.45) is 1.95. The maximum absolute atomic E-state index is 11.8. The summed E-state index contributed by atoms with van der Waals surface area (Å²) < 4.78 is 10.3. The average Bonchev–Trinajstić information content (AvgIpc) is 2.89. The van der Waals surface area contributed by atoms with E-state index in [1.807, 2.05) is 0 Å². The monoisotopic (exact) mass is 340 g/mol. The van der Waals surface area contributed by atoms with Crippen LogP contribution in [0.5, 0.6) is 11.5 Å². The normalized spacial score (nSPS) is 13.7. The van der Waals surface area contributed by atoms with Crippen LogP contribution in [0.25, 0.3) is 0 Å². The Morgan fingerprint density at radius 2 is 2.13 bits per heavy atom. The number of methoxy groups -OCH3 is 1. The molecule has 0 saturated heterocycles. The largest absolute Gasteiger partial charge is 0.507 e. The quantitative estimate of drug-likeness (QED) is 0.773. The molecule has 124 valence electrons. The van der Waals surface area contributed by atoms with Gasteiger partial charge in [-0.3, -0.25) is 4.79 Å². The summed E-state index contributed by atoms with van der Waals surface area (Å²) in [5, 5.41) is 19.4. The molecule has 1 aliphatic heterocycles. The van der Waals surface area contributed by atoms with Crippen LogP contribution in [0.3, 0.4) is 0 Å². The number of fused-ring (bicyclic) bond motifs is 1. The first kappa shape index (κ1) is 17.1. The highest BCUT2D eigenvalue weighted by atomic mass is 35.5. The molecule has 23 heavy (non-hydrogen) atoms. The molecule has 0 atom stereocenters. The molecule has 1 aromatic rings. The van der Waals surface area contributed by atoms with Crippen molar-refractivity contribution in [1.82, 2.24) is 0 Å². The molecule has 0 aliphatic carbocycles. The van der Waals surface area contributed by atoms with Gasteiger partial charge in [-0.1, -0.05) is 17.7 Å². The highest BCUT2D eigenvalue weighted by molar-refractivity contribution is 6.29. The second-order valence-electron chi connectivity index (χ2n) is 5.16. The van der Waals surface area contributed by atoms with Crippen LogP contribution in [-0.2, 0) is 22.6 Å². The maximum atomic E-state index is 11.8. The molecule has 0 fully saturated rings. The van der Waals surface area contributed by atoms with Gasteiger partial charge in [0.15, 0.2) is 0 Å². The van der Waals surface area contributed by atoms with Gasteiger partial charge >= 0.3 is 11.9 Å².